The predicted molar refractivity (Wildman–Crippen MR) is 101 cm³/mol. The lowest BCUT2D eigenvalue weighted by Crippen LogP contribution is -2.48. The van der Waals surface area contributed by atoms with Gasteiger partial charge in [-0.3, -0.25) is 9.69 Å². The molecule has 0 aromatic heterocycles. The number of hydrogen-bond donors (Lipinski definition) is 0. The average Bonchev–Trinajstić information content (AvgIpc) is 2.98. The third-order valence-corrected chi connectivity index (χ3v) is 6.03. The van der Waals surface area contributed by atoms with E-state index in [0.717, 1.165) is 84.7 Å². The lowest BCUT2D eigenvalue weighted by Gasteiger charge is -2.36. The number of nitrogens with zero attached hydrogens (tertiary/aromatic N) is 3. The monoisotopic (exact) mass is 351 g/mol. The zero-order valence-electron chi connectivity index (χ0n) is 16.3. The zero-order chi connectivity index (χ0) is 17.6. The molecule has 2 aliphatic heterocycles. The van der Waals surface area contributed by atoms with Gasteiger partial charge in [0, 0.05) is 57.8 Å². The number of carbonyl (C=O) groups is 1. The molecule has 0 aromatic carbocycles. The van der Waals surface area contributed by atoms with Gasteiger partial charge in [-0.1, -0.05) is 20.3 Å². The van der Waals surface area contributed by atoms with E-state index in [0.29, 0.717) is 23.8 Å². The van der Waals surface area contributed by atoms with Crippen LogP contribution in [-0.4, -0.2) is 85.7 Å². The van der Waals surface area contributed by atoms with Crippen molar-refractivity contribution in [2.75, 3.05) is 59.0 Å². The minimum atomic E-state index is 0.322. The normalized spacial score (nSPS) is 26.1. The fraction of sp³-hybridized carbons (Fsp3) is 0.950. The molecule has 3 aliphatic rings. The van der Waals surface area contributed by atoms with Gasteiger partial charge in [-0.05, 0) is 31.6 Å². The first-order valence-corrected chi connectivity index (χ1v) is 10.5. The standard InChI is InChI=1S/C20H37N3O2/c1-17(2)15-22-10-7-19(16-22)23(20(24)18-5-3-6-18)9-4-8-21-11-13-25-14-12-21/h17-19H,3-16H2,1-2H3. The summed E-state index contributed by atoms with van der Waals surface area (Å²) in [5, 5.41) is 0. The molecule has 0 N–H and O–H groups in total. The topological polar surface area (TPSA) is 36.0 Å². The Morgan fingerprint density at radius 3 is 2.52 bits per heavy atom. The van der Waals surface area contributed by atoms with Gasteiger partial charge in [-0.15, -0.1) is 0 Å². The molecule has 1 saturated carbocycles. The molecular formula is C20H37N3O2. The summed E-state index contributed by atoms with van der Waals surface area (Å²) >= 11 is 0. The summed E-state index contributed by atoms with van der Waals surface area (Å²) in [6.07, 6.45) is 5.71. The molecule has 1 amide bonds. The molecule has 2 saturated heterocycles. The van der Waals surface area contributed by atoms with E-state index in [4.69, 9.17) is 4.74 Å². The minimum Gasteiger partial charge on any atom is -0.379 e. The van der Waals surface area contributed by atoms with Crippen LogP contribution >= 0.6 is 0 Å². The van der Waals surface area contributed by atoms with Crippen LogP contribution in [0, 0.1) is 11.8 Å². The zero-order valence-corrected chi connectivity index (χ0v) is 16.3. The maximum Gasteiger partial charge on any atom is 0.225 e. The van der Waals surface area contributed by atoms with Crippen LogP contribution in [0.1, 0.15) is 46.0 Å². The highest BCUT2D eigenvalue weighted by Crippen LogP contribution is 2.30. The van der Waals surface area contributed by atoms with Gasteiger partial charge in [-0.2, -0.15) is 0 Å². The maximum absolute atomic E-state index is 13.0. The first-order valence-electron chi connectivity index (χ1n) is 10.5. The molecule has 0 bridgehead atoms. The Kier molecular flexibility index (Phi) is 7.14. The summed E-state index contributed by atoms with van der Waals surface area (Å²) in [7, 11) is 0. The number of hydrogen-bond acceptors (Lipinski definition) is 4. The van der Waals surface area contributed by atoms with E-state index in [1.807, 2.05) is 0 Å². The molecule has 25 heavy (non-hydrogen) atoms. The first-order chi connectivity index (χ1) is 12.1. The van der Waals surface area contributed by atoms with Crippen molar-refractivity contribution in [3.63, 3.8) is 0 Å². The van der Waals surface area contributed by atoms with Gasteiger partial charge in [0.25, 0.3) is 0 Å². The van der Waals surface area contributed by atoms with Crippen LogP contribution in [-0.2, 0) is 9.53 Å². The van der Waals surface area contributed by atoms with Gasteiger partial charge < -0.3 is 14.5 Å². The molecule has 0 aromatic rings. The molecule has 1 unspecified atom stereocenters. The van der Waals surface area contributed by atoms with Crippen molar-refractivity contribution < 1.29 is 9.53 Å². The summed E-state index contributed by atoms with van der Waals surface area (Å²) in [5.41, 5.74) is 0. The number of carbonyl (C=O) groups excluding carboxylic acids is 1. The number of amides is 1. The summed E-state index contributed by atoms with van der Waals surface area (Å²) in [4.78, 5) is 20.3. The van der Waals surface area contributed by atoms with Crippen molar-refractivity contribution in [2.45, 2.75) is 52.0 Å². The van der Waals surface area contributed by atoms with E-state index >= 15 is 0 Å². The van der Waals surface area contributed by atoms with Gasteiger partial charge in [0.15, 0.2) is 0 Å². The van der Waals surface area contributed by atoms with E-state index in [-0.39, 0.29) is 0 Å². The number of likely N-dealkylation sites (tertiary alicyclic amines) is 1. The Balaban J connectivity index is 1.51. The molecular weight excluding hydrogens is 314 g/mol. The smallest absolute Gasteiger partial charge is 0.225 e. The van der Waals surface area contributed by atoms with Crippen molar-refractivity contribution in [3.05, 3.63) is 0 Å². The van der Waals surface area contributed by atoms with Gasteiger partial charge in [0.2, 0.25) is 5.91 Å². The van der Waals surface area contributed by atoms with E-state index in [2.05, 4.69) is 28.5 Å². The van der Waals surface area contributed by atoms with Crippen LogP contribution in [0.3, 0.4) is 0 Å². The van der Waals surface area contributed by atoms with Crippen LogP contribution in [0.4, 0.5) is 0 Å². The SMILES string of the molecule is CC(C)CN1CCC(N(CCCN2CCOCC2)C(=O)C2CCC2)C1. The molecule has 144 valence electrons. The van der Waals surface area contributed by atoms with Crippen molar-refractivity contribution in [1.82, 2.24) is 14.7 Å². The fourth-order valence-corrected chi connectivity index (χ4v) is 4.40. The number of morpholine rings is 1. The van der Waals surface area contributed by atoms with Gasteiger partial charge >= 0.3 is 0 Å². The predicted octanol–water partition coefficient (Wildman–Crippen LogP) is 2.07. The Hall–Kier alpha value is -0.650. The van der Waals surface area contributed by atoms with Crippen LogP contribution in [0.25, 0.3) is 0 Å². The summed E-state index contributed by atoms with van der Waals surface area (Å²) in [5.74, 6) is 1.48. The highest BCUT2D eigenvalue weighted by atomic mass is 16.5. The van der Waals surface area contributed by atoms with Crippen LogP contribution in [0.5, 0.6) is 0 Å². The third kappa shape index (κ3) is 5.41. The second-order valence-corrected chi connectivity index (χ2v) is 8.56. The number of ether oxygens (including phenoxy) is 1. The van der Waals surface area contributed by atoms with E-state index in [1.54, 1.807) is 0 Å². The van der Waals surface area contributed by atoms with Crippen LogP contribution < -0.4 is 0 Å². The lowest BCUT2D eigenvalue weighted by molar-refractivity contribution is -0.140. The van der Waals surface area contributed by atoms with Crippen LogP contribution in [0.15, 0.2) is 0 Å². The van der Waals surface area contributed by atoms with Crippen molar-refractivity contribution >= 4 is 5.91 Å². The molecule has 3 rings (SSSR count). The molecule has 5 nitrogen and oxygen atoms in total. The van der Waals surface area contributed by atoms with E-state index in [1.165, 1.54) is 6.42 Å². The third-order valence-electron chi connectivity index (χ3n) is 6.03. The second-order valence-electron chi connectivity index (χ2n) is 8.56. The largest absolute Gasteiger partial charge is 0.379 e. The minimum absolute atomic E-state index is 0.322. The Bertz CT molecular complexity index is 419. The van der Waals surface area contributed by atoms with Gasteiger partial charge in [0.05, 0.1) is 13.2 Å². The van der Waals surface area contributed by atoms with E-state index in [9.17, 15) is 4.79 Å². The van der Waals surface area contributed by atoms with Gasteiger partial charge in [0.1, 0.15) is 0 Å². The molecule has 3 fully saturated rings. The van der Waals surface area contributed by atoms with Crippen molar-refractivity contribution in [2.24, 2.45) is 11.8 Å². The van der Waals surface area contributed by atoms with Crippen LogP contribution in [0.2, 0.25) is 0 Å². The Morgan fingerprint density at radius 2 is 1.88 bits per heavy atom. The fourth-order valence-electron chi connectivity index (χ4n) is 4.40. The molecule has 1 aliphatic carbocycles. The summed E-state index contributed by atoms with van der Waals surface area (Å²) in [6.45, 7) is 13.8. The van der Waals surface area contributed by atoms with E-state index < -0.39 is 0 Å². The molecule has 0 radical (unpaired) electrons. The highest BCUT2D eigenvalue weighted by molar-refractivity contribution is 5.80. The highest BCUT2D eigenvalue weighted by Gasteiger charge is 2.35. The Morgan fingerprint density at radius 1 is 1.12 bits per heavy atom. The number of rotatable bonds is 8. The molecule has 0 spiro atoms. The van der Waals surface area contributed by atoms with Gasteiger partial charge in [-0.25, -0.2) is 0 Å². The molecule has 1 atom stereocenters. The van der Waals surface area contributed by atoms with Crippen molar-refractivity contribution in [1.29, 1.82) is 0 Å². The quantitative estimate of drug-likeness (QED) is 0.671. The summed E-state index contributed by atoms with van der Waals surface area (Å²) in [6, 6.07) is 0.441. The molecule has 2 heterocycles. The first kappa shape index (κ1) is 19.1. The van der Waals surface area contributed by atoms with Crippen molar-refractivity contribution in [3.8, 4) is 0 Å². The Labute approximate surface area is 153 Å². The average molecular weight is 352 g/mol. The lowest BCUT2D eigenvalue weighted by atomic mass is 9.84. The molecule has 5 heteroatoms. The maximum atomic E-state index is 13.0. The second kappa shape index (κ2) is 9.33. The summed E-state index contributed by atoms with van der Waals surface area (Å²) < 4.78 is 5.43.